The molecule has 1 atom stereocenters. The monoisotopic (exact) mass is 466 g/mol. The average Bonchev–Trinajstić information content (AvgIpc) is 3.17. The summed E-state index contributed by atoms with van der Waals surface area (Å²) >= 11 is 3.98. The second-order valence-corrected chi connectivity index (χ2v) is 10.8. The molecule has 1 fully saturated rings. The fourth-order valence-electron chi connectivity index (χ4n) is 3.19. The predicted molar refractivity (Wildman–Crippen MR) is 118 cm³/mol. The minimum Gasteiger partial charge on any atom is -0.462 e. The quantitative estimate of drug-likeness (QED) is 0.346. The third kappa shape index (κ3) is 4.68. The summed E-state index contributed by atoms with van der Waals surface area (Å²) in [6, 6.07) is 0. The van der Waals surface area contributed by atoms with E-state index in [2.05, 4.69) is 20.8 Å². The fraction of sp³-hybridized carbons (Fsp3) is 0.526. The zero-order chi connectivity index (χ0) is 21.3. The molecule has 0 aliphatic heterocycles. The van der Waals surface area contributed by atoms with E-state index in [9.17, 15) is 14.4 Å². The Morgan fingerprint density at radius 3 is 2.73 bits per heavy atom. The Hall–Kier alpha value is -1.98. The number of esters is 1. The number of ether oxygens (including phenoxy) is 1. The Morgan fingerprint density at radius 1 is 1.20 bits per heavy atom. The van der Waals surface area contributed by atoms with Gasteiger partial charge >= 0.3 is 5.97 Å². The molecule has 0 radical (unpaired) electrons. The highest BCUT2D eigenvalue weighted by Crippen LogP contribution is 2.40. The number of amides is 2. The van der Waals surface area contributed by atoms with Gasteiger partial charge in [0.2, 0.25) is 16.9 Å². The fourth-order valence-corrected chi connectivity index (χ4v) is 6.37. The van der Waals surface area contributed by atoms with Gasteiger partial charge in [0, 0.05) is 10.8 Å². The molecule has 4 rings (SSSR count). The molecule has 0 bridgehead atoms. The molecule has 1 unspecified atom stereocenters. The molecule has 2 aliphatic carbocycles. The first-order valence-electron chi connectivity index (χ1n) is 9.89. The number of thioether (sulfide) groups is 1. The molecule has 1 saturated carbocycles. The van der Waals surface area contributed by atoms with Gasteiger partial charge in [0.25, 0.3) is 0 Å². The predicted octanol–water partition coefficient (Wildman–Crippen LogP) is 3.73. The normalized spacial score (nSPS) is 16.1. The summed E-state index contributed by atoms with van der Waals surface area (Å²) in [7, 11) is 0. The van der Waals surface area contributed by atoms with Crippen LogP contribution in [0.5, 0.6) is 0 Å². The second-order valence-electron chi connectivity index (χ2n) is 7.17. The van der Waals surface area contributed by atoms with E-state index < -0.39 is 5.25 Å². The Bertz CT molecular complexity index is 983. The summed E-state index contributed by atoms with van der Waals surface area (Å²) in [5.74, 6) is -0.529. The largest absolute Gasteiger partial charge is 0.462 e. The number of nitrogens with zero attached hydrogens (tertiary/aromatic N) is 2. The average molecular weight is 467 g/mol. The van der Waals surface area contributed by atoms with Crippen molar-refractivity contribution in [3.05, 3.63) is 16.0 Å². The van der Waals surface area contributed by atoms with Gasteiger partial charge in [-0.3, -0.25) is 9.59 Å². The van der Waals surface area contributed by atoms with Crippen LogP contribution in [0.1, 0.15) is 53.9 Å². The van der Waals surface area contributed by atoms with Crippen LogP contribution in [-0.2, 0) is 27.2 Å². The van der Waals surface area contributed by atoms with E-state index >= 15 is 0 Å². The molecular formula is C19H22N4O4S3. The lowest BCUT2D eigenvalue weighted by Gasteiger charge is -2.11. The van der Waals surface area contributed by atoms with E-state index in [0.717, 1.165) is 42.5 Å². The molecule has 30 heavy (non-hydrogen) atoms. The summed E-state index contributed by atoms with van der Waals surface area (Å²) < 4.78 is 5.81. The first-order valence-corrected chi connectivity index (χ1v) is 12.4. The van der Waals surface area contributed by atoms with E-state index in [0.29, 0.717) is 26.6 Å². The van der Waals surface area contributed by atoms with Crippen molar-refractivity contribution in [3.8, 4) is 0 Å². The van der Waals surface area contributed by atoms with Gasteiger partial charge in [-0.1, -0.05) is 23.1 Å². The summed E-state index contributed by atoms with van der Waals surface area (Å²) in [6.07, 6.45) is 4.62. The van der Waals surface area contributed by atoms with E-state index in [1.807, 2.05) is 0 Å². The second kappa shape index (κ2) is 9.03. The molecule has 11 heteroatoms. The smallest absolute Gasteiger partial charge is 0.341 e. The van der Waals surface area contributed by atoms with Gasteiger partial charge < -0.3 is 15.4 Å². The van der Waals surface area contributed by atoms with Crippen LogP contribution in [0.2, 0.25) is 0 Å². The maximum atomic E-state index is 12.8. The van der Waals surface area contributed by atoms with Gasteiger partial charge in [0.15, 0.2) is 4.34 Å². The molecule has 0 saturated heterocycles. The van der Waals surface area contributed by atoms with Crippen molar-refractivity contribution in [3.63, 3.8) is 0 Å². The van der Waals surface area contributed by atoms with Crippen LogP contribution in [0.25, 0.3) is 0 Å². The van der Waals surface area contributed by atoms with Crippen LogP contribution < -0.4 is 10.6 Å². The maximum absolute atomic E-state index is 12.8. The topological polar surface area (TPSA) is 110 Å². The van der Waals surface area contributed by atoms with Crippen molar-refractivity contribution >= 4 is 62.4 Å². The molecule has 2 heterocycles. The first-order chi connectivity index (χ1) is 14.5. The number of nitrogens with one attached hydrogen (secondary N) is 2. The molecule has 2 aromatic rings. The molecule has 2 N–H and O–H groups in total. The number of hydrogen-bond donors (Lipinski definition) is 2. The number of hydrogen-bond acceptors (Lipinski definition) is 9. The molecule has 2 aliphatic rings. The van der Waals surface area contributed by atoms with Crippen molar-refractivity contribution in [1.82, 2.24) is 10.2 Å². The Kier molecular flexibility index (Phi) is 6.40. The summed E-state index contributed by atoms with van der Waals surface area (Å²) in [4.78, 5) is 38.2. The van der Waals surface area contributed by atoms with Gasteiger partial charge in [-0.25, -0.2) is 4.79 Å². The number of aryl methyl sites for hydroxylation is 1. The Morgan fingerprint density at radius 2 is 2.00 bits per heavy atom. The number of aromatic nitrogens is 2. The number of carbonyl (C=O) groups is 3. The van der Waals surface area contributed by atoms with Crippen molar-refractivity contribution in [1.29, 1.82) is 0 Å². The number of carbonyl (C=O) groups excluding carboxylic acids is 3. The molecule has 0 aromatic carbocycles. The zero-order valence-electron chi connectivity index (χ0n) is 16.6. The van der Waals surface area contributed by atoms with Crippen LogP contribution in [0, 0.1) is 5.92 Å². The van der Waals surface area contributed by atoms with E-state index in [-0.39, 0.29) is 23.7 Å². The summed E-state index contributed by atoms with van der Waals surface area (Å²) in [5.41, 5.74) is 1.51. The molecule has 2 aromatic heterocycles. The lowest BCUT2D eigenvalue weighted by atomic mass is 10.1. The molecule has 0 spiro atoms. The zero-order valence-corrected chi connectivity index (χ0v) is 19.1. The highest BCUT2D eigenvalue weighted by Gasteiger charge is 2.31. The third-order valence-corrected chi connectivity index (χ3v) is 8.10. The van der Waals surface area contributed by atoms with Crippen molar-refractivity contribution in [2.45, 2.75) is 55.5 Å². The lowest BCUT2D eigenvalue weighted by Crippen LogP contribution is -2.23. The van der Waals surface area contributed by atoms with Crippen LogP contribution in [0.4, 0.5) is 10.1 Å². The molecule has 2 amide bonds. The number of rotatable bonds is 8. The van der Waals surface area contributed by atoms with Crippen molar-refractivity contribution < 1.29 is 19.1 Å². The van der Waals surface area contributed by atoms with Gasteiger partial charge in [-0.05, 0) is 51.5 Å². The van der Waals surface area contributed by atoms with E-state index in [1.165, 1.54) is 34.4 Å². The van der Waals surface area contributed by atoms with E-state index in [4.69, 9.17) is 4.74 Å². The first kappa shape index (κ1) is 21.3. The van der Waals surface area contributed by atoms with Crippen LogP contribution in [0.15, 0.2) is 4.34 Å². The number of fused-ring (bicyclic) bond motifs is 1. The van der Waals surface area contributed by atoms with E-state index in [1.54, 1.807) is 13.8 Å². The van der Waals surface area contributed by atoms with Gasteiger partial charge in [-0.15, -0.1) is 21.5 Å². The number of thiophene rings is 1. The third-order valence-electron chi connectivity index (χ3n) is 4.87. The van der Waals surface area contributed by atoms with Crippen molar-refractivity contribution in [2.75, 3.05) is 17.2 Å². The van der Waals surface area contributed by atoms with Crippen LogP contribution in [-0.4, -0.2) is 39.8 Å². The Labute approximate surface area is 186 Å². The standard InChI is InChI=1S/C19H22N4O4S3/c1-3-27-17(26)13-11-5-4-6-12(11)29-16(13)20-14(24)9(2)28-19-23-22-18(30-19)21-15(25)10-7-8-10/h9-10H,3-8H2,1-2H3,(H,20,24)(H,21,22,25). The highest BCUT2D eigenvalue weighted by atomic mass is 32.2. The Balaban J connectivity index is 1.40. The van der Waals surface area contributed by atoms with Gasteiger partial charge in [-0.2, -0.15) is 0 Å². The number of anilines is 2. The maximum Gasteiger partial charge on any atom is 0.341 e. The molecule has 160 valence electrons. The van der Waals surface area contributed by atoms with Crippen LogP contribution >= 0.6 is 34.4 Å². The SMILES string of the molecule is CCOC(=O)c1c(NC(=O)C(C)Sc2nnc(NC(=O)C3CC3)s2)sc2c1CCC2. The molecular weight excluding hydrogens is 444 g/mol. The van der Waals surface area contributed by atoms with Crippen LogP contribution in [0.3, 0.4) is 0 Å². The minimum atomic E-state index is -0.447. The van der Waals surface area contributed by atoms with Crippen molar-refractivity contribution in [2.24, 2.45) is 5.92 Å². The highest BCUT2D eigenvalue weighted by molar-refractivity contribution is 8.02. The molecule has 8 nitrogen and oxygen atoms in total. The minimum absolute atomic E-state index is 0.0225. The summed E-state index contributed by atoms with van der Waals surface area (Å²) in [6.45, 7) is 3.83. The lowest BCUT2D eigenvalue weighted by molar-refractivity contribution is -0.117. The van der Waals surface area contributed by atoms with Gasteiger partial charge in [0.05, 0.1) is 17.4 Å². The summed E-state index contributed by atoms with van der Waals surface area (Å²) in [5, 5.41) is 14.3. The van der Waals surface area contributed by atoms with Gasteiger partial charge in [0.1, 0.15) is 5.00 Å².